The molecule has 116 valence electrons. The van der Waals surface area contributed by atoms with Gasteiger partial charge in [-0.15, -0.1) is 0 Å². The van der Waals surface area contributed by atoms with Gasteiger partial charge < -0.3 is 10.1 Å². The average Bonchev–Trinajstić information content (AvgIpc) is 2.98. The van der Waals surface area contributed by atoms with Crippen molar-refractivity contribution in [2.45, 2.75) is 22.2 Å². The van der Waals surface area contributed by atoms with Crippen molar-refractivity contribution in [2.75, 3.05) is 7.11 Å². The fourth-order valence-electron chi connectivity index (χ4n) is 1.42. The van der Waals surface area contributed by atoms with E-state index < -0.39 is 0 Å². The maximum atomic E-state index is 10.7. The summed E-state index contributed by atoms with van der Waals surface area (Å²) < 4.78 is 10.3. The number of rotatable bonds is 7. The van der Waals surface area contributed by atoms with Gasteiger partial charge in [0, 0.05) is 18.9 Å². The molecule has 0 radical (unpaired) electrons. The number of aromatic nitrogens is 2. The summed E-state index contributed by atoms with van der Waals surface area (Å²) in [5.41, 5.74) is 1.21. The second-order valence-electron chi connectivity index (χ2n) is 4.10. The lowest BCUT2D eigenvalue weighted by molar-refractivity contribution is -0.118. The van der Waals surface area contributed by atoms with E-state index in [-0.39, 0.29) is 5.91 Å². The molecule has 1 aromatic heterocycles. The lowest BCUT2D eigenvalue weighted by atomic mass is 10.2. The van der Waals surface area contributed by atoms with Crippen molar-refractivity contribution in [1.82, 2.24) is 14.7 Å². The first-order valence-electron chi connectivity index (χ1n) is 6.35. The fourth-order valence-corrected chi connectivity index (χ4v) is 3.68. The number of ether oxygens (including phenoxy) is 1. The van der Waals surface area contributed by atoms with E-state index in [9.17, 15) is 4.79 Å². The number of hydrogen-bond donors (Lipinski definition) is 1. The zero-order valence-corrected chi connectivity index (χ0v) is 14.6. The lowest BCUT2D eigenvalue weighted by Crippen LogP contribution is -2.10. The van der Waals surface area contributed by atoms with Crippen LogP contribution in [0, 0.1) is 0 Å². The van der Waals surface area contributed by atoms with Crippen molar-refractivity contribution >= 4 is 41.0 Å². The van der Waals surface area contributed by atoms with Crippen LogP contribution in [-0.2, 0) is 10.5 Å². The van der Waals surface area contributed by atoms with Gasteiger partial charge in [-0.2, -0.15) is 4.37 Å². The highest BCUT2D eigenvalue weighted by molar-refractivity contribution is 8.02. The van der Waals surface area contributed by atoms with Crippen LogP contribution in [-0.4, -0.2) is 22.4 Å². The zero-order valence-electron chi connectivity index (χ0n) is 12.1. The van der Waals surface area contributed by atoms with Crippen LogP contribution in [0.5, 0.6) is 5.75 Å². The molecule has 8 heteroatoms. The molecule has 0 aliphatic heterocycles. The predicted molar refractivity (Wildman–Crippen MR) is 91.3 cm³/mol. The van der Waals surface area contributed by atoms with E-state index in [2.05, 4.69) is 14.7 Å². The number of hydrogen-bond acceptors (Lipinski definition) is 7. The Balaban J connectivity index is 1.81. The molecule has 1 N–H and O–H groups in total. The molecule has 1 heterocycles. The van der Waals surface area contributed by atoms with Crippen molar-refractivity contribution in [3.63, 3.8) is 0 Å². The summed E-state index contributed by atoms with van der Waals surface area (Å²) in [6.07, 6.45) is 1.58. The van der Waals surface area contributed by atoms with Crippen LogP contribution in [0.1, 0.15) is 12.5 Å². The summed E-state index contributed by atoms with van der Waals surface area (Å²) >= 11 is 4.40. The van der Waals surface area contributed by atoms with E-state index in [1.165, 1.54) is 35.8 Å². The topological polar surface area (TPSA) is 64.1 Å². The smallest absolute Gasteiger partial charge is 0.220 e. The summed E-state index contributed by atoms with van der Waals surface area (Å²) in [5.74, 6) is 1.60. The maximum Gasteiger partial charge on any atom is 0.220 e. The van der Waals surface area contributed by atoms with Crippen molar-refractivity contribution in [1.29, 1.82) is 0 Å². The molecule has 1 aromatic carbocycles. The van der Waals surface area contributed by atoms with Crippen molar-refractivity contribution in [3.05, 3.63) is 41.4 Å². The van der Waals surface area contributed by atoms with E-state index in [1.54, 1.807) is 30.5 Å². The molecule has 0 atom stereocenters. The second kappa shape index (κ2) is 8.82. The van der Waals surface area contributed by atoms with E-state index in [0.717, 1.165) is 15.8 Å². The SMILES string of the molecule is COc1ccc(CSc2nc(S/C=C/NC(C)=O)ns2)cc1. The molecule has 0 spiro atoms. The Morgan fingerprint density at radius 2 is 2.18 bits per heavy atom. The maximum absolute atomic E-state index is 10.7. The number of benzene rings is 1. The third kappa shape index (κ3) is 5.70. The molecule has 0 fully saturated rings. The third-order valence-corrected chi connectivity index (χ3v) is 5.12. The van der Waals surface area contributed by atoms with E-state index in [4.69, 9.17) is 4.74 Å². The minimum Gasteiger partial charge on any atom is -0.497 e. The largest absolute Gasteiger partial charge is 0.497 e. The van der Waals surface area contributed by atoms with Crippen LogP contribution >= 0.6 is 35.1 Å². The van der Waals surface area contributed by atoms with Gasteiger partial charge in [0.2, 0.25) is 11.1 Å². The van der Waals surface area contributed by atoms with E-state index in [1.807, 2.05) is 24.3 Å². The molecule has 0 unspecified atom stereocenters. The summed E-state index contributed by atoms with van der Waals surface area (Å²) in [7, 11) is 1.66. The monoisotopic (exact) mass is 353 g/mol. The number of carbonyl (C=O) groups is 1. The van der Waals surface area contributed by atoms with E-state index in [0.29, 0.717) is 5.16 Å². The van der Waals surface area contributed by atoms with Gasteiger partial charge in [-0.25, -0.2) is 4.98 Å². The van der Waals surface area contributed by atoms with Gasteiger partial charge >= 0.3 is 0 Å². The number of amides is 1. The van der Waals surface area contributed by atoms with Crippen LogP contribution < -0.4 is 10.1 Å². The van der Waals surface area contributed by atoms with Gasteiger partial charge in [0.15, 0.2) is 4.34 Å². The first-order valence-corrected chi connectivity index (χ1v) is 8.99. The van der Waals surface area contributed by atoms with Crippen LogP contribution in [0.25, 0.3) is 0 Å². The molecule has 0 aliphatic rings. The predicted octanol–water partition coefficient (Wildman–Crippen LogP) is 3.54. The number of nitrogens with zero attached hydrogens (tertiary/aromatic N) is 2. The molecule has 2 rings (SSSR count). The fraction of sp³-hybridized carbons (Fsp3) is 0.214. The first kappa shape index (κ1) is 16.9. The lowest BCUT2D eigenvalue weighted by Gasteiger charge is -2.01. The van der Waals surface area contributed by atoms with Gasteiger partial charge in [-0.05, 0) is 34.6 Å². The molecule has 22 heavy (non-hydrogen) atoms. The van der Waals surface area contributed by atoms with Gasteiger partial charge in [-0.1, -0.05) is 35.7 Å². The summed E-state index contributed by atoms with van der Waals surface area (Å²) in [5, 5.41) is 5.01. The molecule has 5 nitrogen and oxygen atoms in total. The number of thioether (sulfide) groups is 2. The summed E-state index contributed by atoms with van der Waals surface area (Å²) in [6.45, 7) is 1.46. The minimum absolute atomic E-state index is 0.0983. The molecule has 2 aromatic rings. The van der Waals surface area contributed by atoms with Crippen molar-refractivity contribution in [3.8, 4) is 5.75 Å². The standard InChI is InChI=1S/C14H15N3O2S3/c1-10(18)15-7-8-20-13-16-14(22-17-13)21-9-11-3-5-12(19-2)6-4-11/h3-8H,9H2,1-2H3,(H,15,18)/b8-7+. The Morgan fingerprint density at radius 1 is 1.41 bits per heavy atom. The number of nitrogens with one attached hydrogen (secondary N) is 1. The van der Waals surface area contributed by atoms with Gasteiger partial charge in [-0.3, -0.25) is 4.79 Å². The number of methoxy groups -OCH3 is 1. The molecule has 1 amide bonds. The van der Waals surface area contributed by atoms with Crippen molar-refractivity contribution < 1.29 is 9.53 Å². The highest BCUT2D eigenvalue weighted by Crippen LogP contribution is 2.28. The Hall–Kier alpha value is -1.51. The highest BCUT2D eigenvalue weighted by atomic mass is 32.2. The Labute approximate surface area is 141 Å². The second-order valence-corrected chi connectivity index (χ2v) is 6.95. The quantitative estimate of drug-likeness (QED) is 0.768. The van der Waals surface area contributed by atoms with Crippen LogP contribution in [0.2, 0.25) is 0 Å². The minimum atomic E-state index is -0.0983. The summed E-state index contributed by atoms with van der Waals surface area (Å²) in [6, 6.07) is 7.98. The normalized spacial score (nSPS) is 10.8. The van der Waals surface area contributed by atoms with Crippen LogP contribution in [0.15, 0.2) is 45.4 Å². The van der Waals surface area contributed by atoms with Gasteiger partial charge in [0.1, 0.15) is 5.75 Å². The Bertz CT molecular complexity index is 641. The molecule has 0 saturated carbocycles. The molecular weight excluding hydrogens is 338 g/mol. The molecule has 0 aliphatic carbocycles. The molecule has 0 saturated heterocycles. The third-order valence-electron chi connectivity index (χ3n) is 2.44. The van der Waals surface area contributed by atoms with Gasteiger partial charge in [0.05, 0.1) is 7.11 Å². The Morgan fingerprint density at radius 3 is 2.86 bits per heavy atom. The van der Waals surface area contributed by atoms with E-state index >= 15 is 0 Å². The van der Waals surface area contributed by atoms with Crippen molar-refractivity contribution in [2.24, 2.45) is 0 Å². The summed E-state index contributed by atoms with van der Waals surface area (Å²) in [4.78, 5) is 15.1. The first-order chi connectivity index (χ1) is 10.7. The van der Waals surface area contributed by atoms with Crippen LogP contribution in [0.3, 0.4) is 0 Å². The molecule has 0 bridgehead atoms. The zero-order chi connectivity index (χ0) is 15.8. The van der Waals surface area contributed by atoms with Crippen LogP contribution in [0.4, 0.5) is 0 Å². The average molecular weight is 353 g/mol. The van der Waals surface area contributed by atoms with Gasteiger partial charge in [0.25, 0.3) is 0 Å². The molecular formula is C14H15N3O2S3. The Kier molecular flexibility index (Phi) is 6.75. The number of carbonyl (C=O) groups excluding carboxylic acids is 1. The highest BCUT2D eigenvalue weighted by Gasteiger charge is 2.05.